The molecule has 0 heterocycles. The van der Waals surface area contributed by atoms with Crippen molar-refractivity contribution in [2.75, 3.05) is 11.9 Å². The van der Waals surface area contributed by atoms with E-state index < -0.39 is 40.5 Å². The van der Waals surface area contributed by atoms with Crippen LogP contribution in [0.5, 0.6) is 0 Å². The van der Waals surface area contributed by atoms with Crippen LogP contribution in [-0.4, -0.2) is 38.9 Å². The second-order valence-electron chi connectivity index (χ2n) is 6.36. The number of esters is 1. The van der Waals surface area contributed by atoms with Crippen LogP contribution in [-0.2, 0) is 24.3 Å². The largest absolute Gasteiger partial charge is 0.454 e. The Bertz CT molecular complexity index is 1090. The molecule has 0 aliphatic heterocycles. The number of carbonyl (C=O) groups excluding carboxylic acids is 3. The monoisotopic (exact) mass is 453 g/mol. The van der Waals surface area contributed by atoms with Gasteiger partial charge in [-0.05, 0) is 43.7 Å². The second-order valence-corrected chi connectivity index (χ2v) is 8.29. The highest BCUT2D eigenvalue weighted by molar-refractivity contribution is 7.89. The van der Waals surface area contributed by atoms with Gasteiger partial charge in [0.25, 0.3) is 11.8 Å². The maximum Gasteiger partial charge on any atom is 0.328 e. The van der Waals surface area contributed by atoms with E-state index in [9.17, 15) is 22.8 Å². The van der Waals surface area contributed by atoms with Crippen LogP contribution in [0.1, 0.15) is 22.8 Å². The van der Waals surface area contributed by atoms with Crippen LogP contribution in [0.2, 0.25) is 5.02 Å². The lowest BCUT2D eigenvalue weighted by molar-refractivity contribution is -0.148. The van der Waals surface area contributed by atoms with Gasteiger partial charge in [0.1, 0.15) is 6.04 Å². The zero-order valence-corrected chi connectivity index (χ0v) is 17.7. The molecule has 0 aliphatic carbocycles. The van der Waals surface area contributed by atoms with E-state index in [1.807, 2.05) is 0 Å². The standard InChI is InChI=1S/C19H20ClN3O6S/c1-11-7-8-13(9-16(11)30(21,27)28)23-17(24)10-29-19(26)12(2)22-18(25)14-5-3-4-6-15(14)20/h3-9,12H,10H2,1-2H3,(H,22,25)(H,23,24)(H2,21,27,28)/t12-/m0/s1. The molecule has 0 spiro atoms. The highest BCUT2D eigenvalue weighted by atomic mass is 35.5. The lowest BCUT2D eigenvalue weighted by atomic mass is 10.2. The van der Waals surface area contributed by atoms with Gasteiger partial charge < -0.3 is 15.4 Å². The third-order valence-electron chi connectivity index (χ3n) is 3.94. The average molecular weight is 454 g/mol. The number of primary sulfonamides is 1. The van der Waals surface area contributed by atoms with Gasteiger partial charge >= 0.3 is 5.97 Å². The molecule has 9 nitrogen and oxygen atoms in total. The maximum absolute atomic E-state index is 12.2. The summed E-state index contributed by atoms with van der Waals surface area (Å²) < 4.78 is 28.0. The van der Waals surface area contributed by atoms with Gasteiger partial charge in [-0.25, -0.2) is 18.4 Å². The molecule has 160 valence electrons. The predicted molar refractivity (Wildman–Crippen MR) is 111 cm³/mol. The Morgan fingerprint density at radius 1 is 1.17 bits per heavy atom. The topological polar surface area (TPSA) is 145 Å². The fraction of sp³-hybridized carbons (Fsp3) is 0.211. The van der Waals surface area contributed by atoms with Gasteiger partial charge in [-0.1, -0.05) is 29.8 Å². The molecule has 0 fully saturated rings. The molecule has 2 rings (SSSR count). The molecule has 2 aromatic carbocycles. The third kappa shape index (κ3) is 6.28. The Kier molecular flexibility index (Phi) is 7.54. The van der Waals surface area contributed by atoms with Crippen LogP contribution in [0.3, 0.4) is 0 Å². The number of nitrogens with one attached hydrogen (secondary N) is 2. The van der Waals surface area contributed by atoms with Crippen molar-refractivity contribution in [3.05, 3.63) is 58.6 Å². The highest BCUT2D eigenvalue weighted by Gasteiger charge is 2.20. The molecule has 0 saturated carbocycles. The molecular weight excluding hydrogens is 434 g/mol. The normalized spacial score (nSPS) is 12.0. The van der Waals surface area contributed by atoms with Crippen molar-refractivity contribution in [1.29, 1.82) is 0 Å². The smallest absolute Gasteiger partial charge is 0.328 e. The first kappa shape index (κ1) is 23.3. The average Bonchev–Trinajstić information content (AvgIpc) is 2.66. The number of anilines is 1. The van der Waals surface area contributed by atoms with Gasteiger partial charge in [0.2, 0.25) is 10.0 Å². The molecule has 0 saturated heterocycles. The number of hydrogen-bond donors (Lipinski definition) is 3. The number of ether oxygens (including phenoxy) is 1. The lowest BCUT2D eigenvalue weighted by Gasteiger charge is -2.14. The molecule has 1 atom stereocenters. The molecule has 0 unspecified atom stereocenters. The Hall–Kier alpha value is -2.95. The van der Waals surface area contributed by atoms with Gasteiger partial charge in [0.05, 0.1) is 15.5 Å². The summed E-state index contributed by atoms with van der Waals surface area (Å²) in [5, 5.41) is 10.2. The Morgan fingerprint density at radius 3 is 2.47 bits per heavy atom. The molecular formula is C19H20ClN3O6S. The van der Waals surface area contributed by atoms with Crippen molar-refractivity contribution < 1.29 is 27.5 Å². The summed E-state index contributed by atoms with van der Waals surface area (Å²) in [5.74, 6) is -2.10. The van der Waals surface area contributed by atoms with Crippen LogP contribution in [0.25, 0.3) is 0 Å². The summed E-state index contributed by atoms with van der Waals surface area (Å²) in [4.78, 5) is 36.1. The Labute approximate surface area is 178 Å². The van der Waals surface area contributed by atoms with Crippen molar-refractivity contribution in [2.24, 2.45) is 5.14 Å². The van der Waals surface area contributed by atoms with Gasteiger partial charge in [-0.2, -0.15) is 0 Å². The Balaban J connectivity index is 1.91. The summed E-state index contributed by atoms with van der Waals surface area (Å²) in [6.45, 7) is 2.32. The van der Waals surface area contributed by atoms with E-state index in [4.69, 9.17) is 21.5 Å². The minimum atomic E-state index is -3.95. The number of sulfonamides is 1. The van der Waals surface area contributed by atoms with E-state index in [0.717, 1.165) is 0 Å². The zero-order chi connectivity index (χ0) is 22.5. The van der Waals surface area contributed by atoms with Crippen molar-refractivity contribution in [1.82, 2.24) is 5.32 Å². The molecule has 4 N–H and O–H groups in total. The van der Waals surface area contributed by atoms with E-state index in [-0.39, 0.29) is 21.2 Å². The van der Waals surface area contributed by atoms with E-state index >= 15 is 0 Å². The second kappa shape index (κ2) is 9.70. The van der Waals surface area contributed by atoms with Crippen molar-refractivity contribution in [3.8, 4) is 0 Å². The number of hydrogen-bond acceptors (Lipinski definition) is 6. The summed E-state index contributed by atoms with van der Waals surface area (Å²) in [6, 6.07) is 9.46. The highest BCUT2D eigenvalue weighted by Crippen LogP contribution is 2.19. The molecule has 0 aliphatic rings. The Morgan fingerprint density at radius 2 is 1.83 bits per heavy atom. The van der Waals surface area contributed by atoms with Gasteiger partial charge in [-0.15, -0.1) is 0 Å². The summed E-state index contributed by atoms with van der Waals surface area (Å²) in [7, 11) is -3.95. The fourth-order valence-electron chi connectivity index (χ4n) is 2.42. The first-order valence-electron chi connectivity index (χ1n) is 8.64. The molecule has 0 radical (unpaired) electrons. The maximum atomic E-state index is 12.2. The van der Waals surface area contributed by atoms with Gasteiger partial charge in [0, 0.05) is 5.69 Å². The van der Waals surface area contributed by atoms with Crippen LogP contribution in [0.4, 0.5) is 5.69 Å². The number of aryl methyl sites for hydroxylation is 1. The van der Waals surface area contributed by atoms with Crippen LogP contribution in [0, 0.1) is 6.92 Å². The van der Waals surface area contributed by atoms with Crippen LogP contribution in [0.15, 0.2) is 47.4 Å². The number of rotatable bonds is 7. The SMILES string of the molecule is Cc1ccc(NC(=O)COC(=O)[C@H](C)NC(=O)c2ccccc2Cl)cc1S(N)(=O)=O. The predicted octanol–water partition coefficient (Wildman–Crippen LogP) is 1.60. The number of carbonyl (C=O) groups is 3. The summed E-state index contributed by atoms with van der Waals surface area (Å²) in [6.07, 6.45) is 0. The van der Waals surface area contributed by atoms with Gasteiger partial charge in [-0.3, -0.25) is 9.59 Å². The van der Waals surface area contributed by atoms with Crippen LogP contribution >= 0.6 is 11.6 Å². The van der Waals surface area contributed by atoms with E-state index in [2.05, 4.69) is 10.6 Å². The molecule has 0 aromatic heterocycles. The minimum absolute atomic E-state index is 0.131. The first-order valence-corrected chi connectivity index (χ1v) is 10.6. The molecule has 0 bridgehead atoms. The number of halogens is 1. The lowest BCUT2D eigenvalue weighted by Crippen LogP contribution is -2.40. The van der Waals surface area contributed by atoms with Crippen molar-refractivity contribution in [2.45, 2.75) is 24.8 Å². The van der Waals surface area contributed by atoms with Crippen molar-refractivity contribution in [3.63, 3.8) is 0 Å². The summed E-state index contributed by atoms with van der Waals surface area (Å²) in [5.41, 5.74) is 0.789. The molecule has 11 heteroatoms. The van der Waals surface area contributed by atoms with Gasteiger partial charge in [0.15, 0.2) is 6.61 Å². The molecule has 2 amide bonds. The number of amides is 2. The molecule has 2 aromatic rings. The number of benzene rings is 2. The third-order valence-corrected chi connectivity index (χ3v) is 5.33. The first-order chi connectivity index (χ1) is 14.0. The van der Waals surface area contributed by atoms with E-state index in [1.54, 1.807) is 19.1 Å². The quantitative estimate of drug-likeness (QED) is 0.543. The summed E-state index contributed by atoms with van der Waals surface area (Å²) >= 11 is 5.94. The fourth-order valence-corrected chi connectivity index (χ4v) is 3.45. The van der Waals surface area contributed by atoms with E-state index in [0.29, 0.717) is 5.56 Å². The van der Waals surface area contributed by atoms with Crippen molar-refractivity contribution >= 4 is 45.1 Å². The zero-order valence-electron chi connectivity index (χ0n) is 16.1. The minimum Gasteiger partial charge on any atom is -0.454 e. The van der Waals surface area contributed by atoms with E-state index in [1.165, 1.54) is 37.3 Å². The number of nitrogens with two attached hydrogens (primary N) is 1. The van der Waals surface area contributed by atoms with Crippen LogP contribution < -0.4 is 15.8 Å². The molecule has 30 heavy (non-hydrogen) atoms.